The Hall–Kier alpha value is -3.20. The minimum atomic E-state index is -0.921. The summed E-state index contributed by atoms with van der Waals surface area (Å²) < 4.78 is 0. The molecule has 0 aliphatic heterocycles. The molecule has 150 valence electrons. The van der Waals surface area contributed by atoms with Gasteiger partial charge < -0.3 is 0 Å². The number of hydrogen-bond acceptors (Lipinski definition) is 2. The Labute approximate surface area is 190 Å². The number of rotatable bonds is 4. The second kappa shape index (κ2) is 7.49. The summed E-state index contributed by atoms with van der Waals surface area (Å²) in [4.78, 5) is 25.0. The normalized spacial score (nSPS) is 13.4. The van der Waals surface area contributed by atoms with Crippen LogP contribution in [0.15, 0.2) is 97.1 Å². The van der Waals surface area contributed by atoms with Crippen LogP contribution in [0.3, 0.4) is 0 Å². The van der Waals surface area contributed by atoms with E-state index in [1.165, 1.54) is 0 Å². The van der Waals surface area contributed by atoms with Crippen LogP contribution in [0.25, 0.3) is 11.1 Å². The molecule has 1 aliphatic rings. The predicted molar refractivity (Wildman–Crippen MR) is 124 cm³/mol. The molecule has 2 nitrogen and oxygen atoms in total. The lowest BCUT2D eigenvalue weighted by atomic mass is 9.65. The second-order valence-corrected chi connectivity index (χ2v) is 8.17. The molecule has 0 saturated carbocycles. The Kier molecular flexibility index (Phi) is 4.77. The van der Waals surface area contributed by atoms with Gasteiger partial charge in [0.05, 0.1) is 5.41 Å². The van der Waals surface area contributed by atoms with Gasteiger partial charge in [0.15, 0.2) is 0 Å². The van der Waals surface area contributed by atoms with Crippen molar-refractivity contribution in [1.82, 2.24) is 0 Å². The molecule has 0 saturated heterocycles. The topological polar surface area (TPSA) is 34.1 Å². The summed E-state index contributed by atoms with van der Waals surface area (Å²) in [5, 5.41) is -1.10. The lowest BCUT2D eigenvalue weighted by molar-refractivity contribution is 0.107. The molecule has 0 unspecified atom stereocenters. The van der Waals surface area contributed by atoms with Crippen molar-refractivity contribution >= 4 is 33.7 Å². The summed E-state index contributed by atoms with van der Waals surface area (Å²) in [5.74, 6) is 0. The van der Waals surface area contributed by atoms with E-state index in [0.717, 1.165) is 33.4 Å². The summed E-state index contributed by atoms with van der Waals surface area (Å²) >= 11 is 12.1. The highest BCUT2D eigenvalue weighted by Crippen LogP contribution is 2.57. The largest absolute Gasteiger partial charge is 0.276 e. The molecule has 4 aromatic carbocycles. The van der Waals surface area contributed by atoms with Crippen molar-refractivity contribution in [3.05, 3.63) is 130 Å². The fourth-order valence-electron chi connectivity index (χ4n) is 4.92. The number of carbonyl (C=O) groups excluding carboxylic acids is 2. The molecular weight excluding hydrogens is 427 g/mol. The molecule has 0 fully saturated rings. The molecule has 0 N–H and O–H groups in total. The molecule has 4 heteroatoms. The third kappa shape index (κ3) is 2.79. The summed E-state index contributed by atoms with van der Waals surface area (Å²) in [6, 6.07) is 30.7. The minimum Gasteiger partial charge on any atom is -0.276 e. The van der Waals surface area contributed by atoms with E-state index in [-0.39, 0.29) is 0 Å². The average molecular weight is 443 g/mol. The van der Waals surface area contributed by atoms with Gasteiger partial charge in [-0.05, 0) is 68.7 Å². The van der Waals surface area contributed by atoms with Gasteiger partial charge in [-0.3, -0.25) is 9.59 Å². The maximum Gasteiger partial charge on any atom is 0.252 e. The fraction of sp³-hybridized carbons (Fsp3) is 0.0370. The molecule has 0 radical (unpaired) electrons. The van der Waals surface area contributed by atoms with Crippen LogP contribution in [0.1, 0.15) is 43.0 Å². The van der Waals surface area contributed by atoms with Gasteiger partial charge in [-0.15, -0.1) is 0 Å². The van der Waals surface area contributed by atoms with Gasteiger partial charge >= 0.3 is 0 Å². The van der Waals surface area contributed by atoms with Crippen LogP contribution in [0, 0.1) is 0 Å². The predicted octanol–water partition coefficient (Wildman–Crippen LogP) is 6.81. The van der Waals surface area contributed by atoms with Crippen LogP contribution in [-0.4, -0.2) is 10.5 Å². The van der Waals surface area contributed by atoms with E-state index < -0.39 is 15.9 Å². The van der Waals surface area contributed by atoms with E-state index in [1.807, 2.05) is 60.7 Å². The highest BCUT2D eigenvalue weighted by atomic mass is 35.5. The van der Waals surface area contributed by atoms with Crippen molar-refractivity contribution in [2.75, 3.05) is 0 Å². The summed E-state index contributed by atoms with van der Waals surface area (Å²) in [5.41, 5.74) is 5.36. The molecule has 4 aromatic rings. The van der Waals surface area contributed by atoms with Crippen LogP contribution in [-0.2, 0) is 5.41 Å². The van der Waals surface area contributed by atoms with Crippen LogP contribution >= 0.6 is 23.2 Å². The molecule has 5 rings (SSSR count). The molecule has 0 bridgehead atoms. The minimum absolute atomic E-state index is 0.396. The molecule has 0 heterocycles. The average Bonchev–Trinajstić information content (AvgIpc) is 3.10. The summed E-state index contributed by atoms with van der Waals surface area (Å²) in [6.45, 7) is 0. The van der Waals surface area contributed by atoms with E-state index in [1.54, 1.807) is 24.3 Å². The Bertz CT molecular complexity index is 1250. The quantitative estimate of drug-likeness (QED) is 0.286. The molecule has 0 aromatic heterocycles. The fourth-order valence-corrected chi connectivity index (χ4v) is 5.25. The highest BCUT2D eigenvalue weighted by Gasteiger charge is 2.48. The first-order chi connectivity index (χ1) is 15.1. The van der Waals surface area contributed by atoms with Crippen LogP contribution < -0.4 is 0 Å². The monoisotopic (exact) mass is 442 g/mol. The molecule has 31 heavy (non-hydrogen) atoms. The van der Waals surface area contributed by atoms with Gasteiger partial charge in [-0.2, -0.15) is 0 Å². The van der Waals surface area contributed by atoms with E-state index in [9.17, 15) is 9.59 Å². The molecule has 1 aliphatic carbocycles. The lowest BCUT2D eigenvalue weighted by Gasteiger charge is -2.35. The Morgan fingerprint density at radius 2 is 0.806 bits per heavy atom. The van der Waals surface area contributed by atoms with E-state index in [0.29, 0.717) is 11.1 Å². The smallest absolute Gasteiger partial charge is 0.252 e. The van der Waals surface area contributed by atoms with Gasteiger partial charge in [0, 0.05) is 11.1 Å². The zero-order valence-electron chi connectivity index (χ0n) is 16.3. The lowest BCUT2D eigenvalue weighted by Crippen LogP contribution is -2.32. The van der Waals surface area contributed by atoms with Crippen LogP contribution in [0.2, 0.25) is 0 Å². The number of benzene rings is 4. The molecule has 0 atom stereocenters. The maximum absolute atomic E-state index is 12.5. The van der Waals surface area contributed by atoms with Gasteiger partial charge in [0.25, 0.3) is 10.5 Å². The zero-order chi connectivity index (χ0) is 21.6. The van der Waals surface area contributed by atoms with E-state index in [4.69, 9.17) is 23.2 Å². The summed E-state index contributed by atoms with van der Waals surface area (Å²) in [7, 11) is 0. The number of carbonyl (C=O) groups is 2. The molecule has 0 spiro atoms. The number of fused-ring (bicyclic) bond motifs is 3. The van der Waals surface area contributed by atoms with E-state index in [2.05, 4.69) is 12.1 Å². The third-order valence-electron chi connectivity index (χ3n) is 6.04. The first kappa shape index (κ1) is 19.7. The van der Waals surface area contributed by atoms with Crippen molar-refractivity contribution in [3.63, 3.8) is 0 Å². The van der Waals surface area contributed by atoms with Crippen molar-refractivity contribution < 1.29 is 9.59 Å². The van der Waals surface area contributed by atoms with E-state index >= 15 is 0 Å². The number of halogens is 2. The Morgan fingerprint density at radius 1 is 0.484 bits per heavy atom. The maximum atomic E-state index is 12.5. The third-order valence-corrected chi connectivity index (χ3v) is 6.45. The van der Waals surface area contributed by atoms with Crippen molar-refractivity contribution in [1.29, 1.82) is 0 Å². The van der Waals surface area contributed by atoms with Crippen molar-refractivity contribution in [3.8, 4) is 11.1 Å². The SMILES string of the molecule is O=C(Cl)c1ccccc1C1(c2ccccc2C(=O)Cl)c2ccccc2-c2ccccc21. The first-order valence-corrected chi connectivity index (χ1v) is 10.6. The number of hydrogen-bond donors (Lipinski definition) is 0. The van der Waals surface area contributed by atoms with Crippen molar-refractivity contribution in [2.45, 2.75) is 5.41 Å². The zero-order valence-corrected chi connectivity index (χ0v) is 17.8. The Balaban J connectivity index is 2.05. The standard InChI is InChI=1S/C27H16Cl2O2/c28-25(30)19-11-3-7-15-23(19)27(24-16-8-4-12-20(24)26(29)31)21-13-5-1-9-17(21)18-10-2-6-14-22(18)27/h1-16H. The van der Waals surface area contributed by atoms with Gasteiger partial charge in [0.2, 0.25) is 0 Å². The van der Waals surface area contributed by atoms with Gasteiger partial charge in [-0.1, -0.05) is 84.9 Å². The van der Waals surface area contributed by atoms with Crippen LogP contribution in [0.5, 0.6) is 0 Å². The molecule has 0 amide bonds. The van der Waals surface area contributed by atoms with Crippen molar-refractivity contribution in [2.24, 2.45) is 0 Å². The second-order valence-electron chi connectivity index (χ2n) is 7.48. The first-order valence-electron chi connectivity index (χ1n) is 9.85. The van der Waals surface area contributed by atoms with Gasteiger partial charge in [-0.25, -0.2) is 0 Å². The Morgan fingerprint density at radius 3 is 1.19 bits per heavy atom. The summed E-state index contributed by atoms with van der Waals surface area (Å²) in [6.07, 6.45) is 0. The van der Waals surface area contributed by atoms with Crippen LogP contribution in [0.4, 0.5) is 0 Å². The van der Waals surface area contributed by atoms with Gasteiger partial charge in [0.1, 0.15) is 0 Å². The molecular formula is C27H16Cl2O2. The highest BCUT2D eigenvalue weighted by molar-refractivity contribution is 6.68.